The first-order chi connectivity index (χ1) is 18.1. The molecule has 2 unspecified atom stereocenters. The maximum atomic E-state index is 14.6. The molecule has 192 valence electrons. The molecule has 3 aliphatic rings. The lowest BCUT2D eigenvalue weighted by Gasteiger charge is -2.39. The lowest BCUT2D eigenvalue weighted by atomic mass is 9.95. The first-order valence-electron chi connectivity index (χ1n) is 13.1. The summed E-state index contributed by atoms with van der Waals surface area (Å²) in [5.41, 5.74) is 3.17. The lowest BCUT2D eigenvalue weighted by molar-refractivity contribution is 0.118. The summed E-state index contributed by atoms with van der Waals surface area (Å²) in [7, 11) is 1.65. The van der Waals surface area contributed by atoms with Crippen LogP contribution in [0.5, 0.6) is 17.2 Å². The highest BCUT2D eigenvalue weighted by Crippen LogP contribution is 2.37. The van der Waals surface area contributed by atoms with E-state index in [2.05, 4.69) is 21.3 Å². The van der Waals surface area contributed by atoms with Crippen molar-refractivity contribution >= 4 is 10.9 Å². The second-order valence-corrected chi connectivity index (χ2v) is 10.2. The van der Waals surface area contributed by atoms with E-state index in [-0.39, 0.29) is 5.82 Å². The van der Waals surface area contributed by atoms with Gasteiger partial charge in [0.25, 0.3) is 0 Å². The Kier molecular flexibility index (Phi) is 6.58. The van der Waals surface area contributed by atoms with E-state index in [1.165, 1.54) is 18.9 Å². The van der Waals surface area contributed by atoms with Gasteiger partial charge in [0.1, 0.15) is 30.8 Å². The minimum atomic E-state index is -0.258. The average Bonchev–Trinajstić information content (AvgIpc) is 3.16. The van der Waals surface area contributed by atoms with Crippen molar-refractivity contribution in [2.45, 2.75) is 56.8 Å². The molecule has 2 atom stereocenters. The van der Waals surface area contributed by atoms with E-state index in [9.17, 15) is 9.65 Å². The third kappa shape index (κ3) is 4.70. The molecule has 1 aromatic heterocycles. The number of aromatic nitrogens is 1. The maximum Gasteiger partial charge on any atom is 0.164 e. The zero-order chi connectivity index (χ0) is 25.4. The molecule has 0 radical (unpaired) electrons. The molecule has 2 fully saturated rings. The molecule has 37 heavy (non-hydrogen) atoms. The van der Waals surface area contributed by atoms with Crippen molar-refractivity contribution in [1.29, 1.82) is 5.26 Å². The monoisotopic (exact) mass is 502 g/mol. The maximum absolute atomic E-state index is 14.6. The number of methoxy groups -OCH3 is 1. The van der Waals surface area contributed by atoms with Gasteiger partial charge in [0.15, 0.2) is 11.5 Å². The minimum absolute atomic E-state index is 0.258. The molecule has 0 spiro atoms. The number of nitrogens with one attached hydrogen (secondary N) is 1. The highest BCUT2D eigenvalue weighted by molar-refractivity contribution is 5.85. The van der Waals surface area contributed by atoms with Gasteiger partial charge in [-0.2, -0.15) is 5.26 Å². The Labute approximate surface area is 216 Å². The first-order valence-corrected chi connectivity index (χ1v) is 13.1. The molecule has 2 bridgehead atoms. The molecule has 7 nitrogen and oxygen atoms in total. The molecule has 8 heteroatoms. The Morgan fingerprint density at radius 2 is 1.89 bits per heavy atom. The quantitative estimate of drug-likeness (QED) is 0.515. The summed E-state index contributed by atoms with van der Waals surface area (Å²) in [6, 6.07) is 12.7. The molecular weight excluding hydrogens is 471 g/mol. The van der Waals surface area contributed by atoms with Crippen LogP contribution in [0.4, 0.5) is 4.39 Å². The van der Waals surface area contributed by atoms with Crippen LogP contribution in [0.3, 0.4) is 0 Å². The van der Waals surface area contributed by atoms with Gasteiger partial charge in [0.05, 0.1) is 18.2 Å². The van der Waals surface area contributed by atoms with Gasteiger partial charge in [-0.15, -0.1) is 0 Å². The summed E-state index contributed by atoms with van der Waals surface area (Å²) >= 11 is 0. The third-order valence-corrected chi connectivity index (χ3v) is 8.10. The van der Waals surface area contributed by atoms with Gasteiger partial charge in [-0.25, -0.2) is 4.39 Å². The van der Waals surface area contributed by atoms with Crippen molar-refractivity contribution in [2.24, 2.45) is 0 Å². The summed E-state index contributed by atoms with van der Waals surface area (Å²) in [6.07, 6.45) is 6.92. The zero-order valence-corrected chi connectivity index (χ0v) is 21.0. The van der Waals surface area contributed by atoms with E-state index < -0.39 is 0 Å². The van der Waals surface area contributed by atoms with Crippen molar-refractivity contribution in [1.82, 2.24) is 15.2 Å². The molecule has 6 rings (SSSR count). The van der Waals surface area contributed by atoms with Crippen LogP contribution in [0.15, 0.2) is 36.5 Å². The largest absolute Gasteiger partial charge is 0.497 e. The molecule has 4 heterocycles. The van der Waals surface area contributed by atoms with E-state index in [1.807, 2.05) is 18.2 Å². The fraction of sp³-hybridized carbons (Fsp3) is 0.448. The standard InChI is InChI=1S/C29H31FN4O3/c1-35-23-4-5-27-25(13-23)24(19(15-31)17-33-27)6-7-34-21-2-3-22(34)12-20(11-21)32-16-18-10-28-29(14-26(18)30)37-9-8-36-28/h4-5,10,13-14,17,20-22,32H,2-3,6-9,11-12,16H2,1H3. The minimum Gasteiger partial charge on any atom is -0.497 e. The van der Waals surface area contributed by atoms with Gasteiger partial charge in [0, 0.05) is 54.4 Å². The SMILES string of the molecule is COc1ccc2ncc(C#N)c(CCN3C4CCC3CC(NCc3cc5c(cc3F)OCCO5)C4)c2c1. The van der Waals surface area contributed by atoms with Gasteiger partial charge < -0.3 is 19.5 Å². The molecule has 0 saturated carbocycles. The average molecular weight is 503 g/mol. The molecule has 3 aliphatic heterocycles. The summed E-state index contributed by atoms with van der Waals surface area (Å²) < 4.78 is 31.2. The second-order valence-electron chi connectivity index (χ2n) is 10.2. The number of hydrogen-bond donors (Lipinski definition) is 1. The van der Waals surface area contributed by atoms with E-state index in [0.717, 1.165) is 48.0 Å². The highest BCUT2D eigenvalue weighted by Gasteiger charge is 2.40. The van der Waals surface area contributed by atoms with Crippen molar-refractivity contribution in [3.63, 3.8) is 0 Å². The molecule has 0 amide bonds. The molecule has 0 aliphatic carbocycles. The van der Waals surface area contributed by atoms with E-state index in [0.29, 0.717) is 60.5 Å². The molecular formula is C29H31FN4O3. The van der Waals surface area contributed by atoms with Gasteiger partial charge in [-0.1, -0.05) is 0 Å². The number of nitrogens with zero attached hydrogens (tertiary/aromatic N) is 3. The molecule has 3 aromatic rings. The fourth-order valence-electron chi connectivity index (χ4n) is 6.26. The number of halogens is 1. The van der Waals surface area contributed by atoms with Crippen LogP contribution < -0.4 is 19.5 Å². The number of hydrogen-bond acceptors (Lipinski definition) is 7. The van der Waals surface area contributed by atoms with Gasteiger partial charge >= 0.3 is 0 Å². The number of benzene rings is 2. The lowest BCUT2D eigenvalue weighted by Crippen LogP contribution is -2.49. The summed E-state index contributed by atoms with van der Waals surface area (Å²) in [4.78, 5) is 7.09. The number of rotatable bonds is 7. The molecule has 2 saturated heterocycles. The Morgan fingerprint density at radius 3 is 2.62 bits per heavy atom. The zero-order valence-electron chi connectivity index (χ0n) is 21.0. The van der Waals surface area contributed by atoms with Crippen LogP contribution in [0, 0.1) is 17.1 Å². The Bertz CT molecular complexity index is 1340. The van der Waals surface area contributed by atoms with Gasteiger partial charge in [0.2, 0.25) is 0 Å². The van der Waals surface area contributed by atoms with Crippen molar-refractivity contribution in [3.8, 4) is 23.3 Å². The summed E-state index contributed by atoms with van der Waals surface area (Å²) in [5, 5.41) is 14.3. The van der Waals surface area contributed by atoms with E-state index in [4.69, 9.17) is 14.2 Å². The number of nitriles is 1. The summed E-state index contributed by atoms with van der Waals surface area (Å²) in [6.45, 7) is 2.33. The van der Waals surface area contributed by atoms with E-state index >= 15 is 0 Å². The van der Waals surface area contributed by atoms with Crippen LogP contribution in [-0.4, -0.2) is 54.9 Å². The highest BCUT2D eigenvalue weighted by atomic mass is 19.1. The van der Waals surface area contributed by atoms with Crippen molar-refractivity contribution in [3.05, 3.63) is 59.0 Å². The normalized spacial score (nSPS) is 22.7. The van der Waals surface area contributed by atoms with Crippen LogP contribution >= 0.6 is 0 Å². The predicted molar refractivity (Wildman–Crippen MR) is 137 cm³/mol. The number of pyridine rings is 1. The van der Waals surface area contributed by atoms with Crippen LogP contribution in [0.2, 0.25) is 0 Å². The van der Waals surface area contributed by atoms with Crippen LogP contribution in [0.25, 0.3) is 10.9 Å². The fourth-order valence-corrected chi connectivity index (χ4v) is 6.26. The Hall–Kier alpha value is -3.41. The van der Waals surface area contributed by atoms with Gasteiger partial charge in [-0.3, -0.25) is 9.88 Å². The van der Waals surface area contributed by atoms with Gasteiger partial charge in [-0.05, 0) is 61.9 Å². The summed E-state index contributed by atoms with van der Waals surface area (Å²) in [5.74, 6) is 1.62. The predicted octanol–water partition coefficient (Wildman–Crippen LogP) is 4.35. The Morgan fingerprint density at radius 1 is 1.14 bits per heavy atom. The topological polar surface area (TPSA) is 79.6 Å². The molecule has 1 N–H and O–H groups in total. The first kappa shape index (κ1) is 24.0. The third-order valence-electron chi connectivity index (χ3n) is 8.10. The molecule has 2 aromatic carbocycles. The smallest absolute Gasteiger partial charge is 0.164 e. The van der Waals surface area contributed by atoms with Crippen molar-refractivity contribution < 1.29 is 18.6 Å². The number of piperidine rings is 1. The van der Waals surface area contributed by atoms with E-state index in [1.54, 1.807) is 19.4 Å². The van der Waals surface area contributed by atoms with Crippen LogP contribution in [-0.2, 0) is 13.0 Å². The number of ether oxygens (including phenoxy) is 3. The number of fused-ring (bicyclic) bond motifs is 4. The van der Waals surface area contributed by atoms with Crippen molar-refractivity contribution in [2.75, 3.05) is 26.9 Å². The second kappa shape index (κ2) is 10.2. The van der Waals surface area contributed by atoms with Crippen LogP contribution in [0.1, 0.15) is 42.4 Å². The Balaban J connectivity index is 1.11.